The second-order valence-electron chi connectivity index (χ2n) is 4.88. The van der Waals surface area contributed by atoms with E-state index in [-0.39, 0.29) is 34.5 Å². The highest BCUT2D eigenvalue weighted by molar-refractivity contribution is 6.35. The van der Waals surface area contributed by atoms with E-state index in [2.05, 4.69) is 15.3 Å². The molecule has 2 N–H and O–H groups in total. The maximum atomic E-state index is 12.2. The number of fused-ring (bicyclic) bond motifs is 1. The third-order valence-corrected chi connectivity index (χ3v) is 3.57. The van der Waals surface area contributed by atoms with Gasteiger partial charge in [-0.3, -0.25) is 4.79 Å². The summed E-state index contributed by atoms with van der Waals surface area (Å²) in [5, 5.41) is 11.9. The lowest BCUT2D eigenvalue weighted by Gasteiger charge is -2.01. The number of rotatable bonds is 3. The number of ether oxygens (including phenoxy) is 1. The van der Waals surface area contributed by atoms with Crippen LogP contribution in [0.15, 0.2) is 18.2 Å². The predicted molar refractivity (Wildman–Crippen MR) is 87.2 cm³/mol. The quantitative estimate of drug-likeness (QED) is 0.506. The summed E-state index contributed by atoms with van der Waals surface area (Å²) in [5.74, 6) is -0.956. The summed E-state index contributed by atoms with van der Waals surface area (Å²) in [5.41, 5.74) is 1.80. The topological polar surface area (TPSA) is 108 Å². The Hall–Kier alpha value is -3.11. The average Bonchev–Trinajstić information content (AvgIpc) is 3.10. The van der Waals surface area contributed by atoms with Gasteiger partial charge in [0.15, 0.2) is 0 Å². The van der Waals surface area contributed by atoms with Crippen molar-refractivity contribution in [3.8, 4) is 6.07 Å². The number of nitriles is 1. The van der Waals surface area contributed by atoms with Gasteiger partial charge in [0.2, 0.25) is 0 Å². The minimum atomic E-state index is -0.584. The summed E-state index contributed by atoms with van der Waals surface area (Å²) in [6, 6.07) is 6.51. The zero-order valence-electron chi connectivity index (χ0n) is 12.5. The Labute approximate surface area is 141 Å². The van der Waals surface area contributed by atoms with Crippen LogP contribution in [0.1, 0.15) is 34.4 Å². The molecule has 8 heteroatoms. The fourth-order valence-corrected chi connectivity index (χ4v) is 2.49. The SMILES string of the molecule is CCOC(=O)c1cc(C#N)[nH]c1/C=C1\C(=O)Nc2ccc(Cl)nc21. The highest BCUT2D eigenvalue weighted by atomic mass is 35.5. The molecule has 0 aliphatic carbocycles. The predicted octanol–water partition coefficient (Wildman–Crippen LogP) is 2.60. The minimum Gasteiger partial charge on any atom is -0.462 e. The van der Waals surface area contributed by atoms with Gasteiger partial charge in [-0.2, -0.15) is 5.26 Å². The fourth-order valence-electron chi connectivity index (χ4n) is 2.34. The van der Waals surface area contributed by atoms with Crippen molar-refractivity contribution in [3.63, 3.8) is 0 Å². The van der Waals surface area contributed by atoms with Gasteiger partial charge in [0.25, 0.3) is 5.91 Å². The number of pyridine rings is 1. The van der Waals surface area contributed by atoms with Crippen LogP contribution >= 0.6 is 11.6 Å². The number of aromatic amines is 1. The summed E-state index contributed by atoms with van der Waals surface area (Å²) >= 11 is 5.89. The number of hydrogen-bond acceptors (Lipinski definition) is 5. The zero-order chi connectivity index (χ0) is 17.3. The molecule has 2 aromatic heterocycles. The summed E-state index contributed by atoms with van der Waals surface area (Å²) in [7, 11) is 0. The fraction of sp³-hybridized carbons (Fsp3) is 0.125. The van der Waals surface area contributed by atoms with Crippen LogP contribution in [0.3, 0.4) is 0 Å². The Morgan fingerprint density at radius 1 is 1.50 bits per heavy atom. The zero-order valence-corrected chi connectivity index (χ0v) is 13.3. The van der Waals surface area contributed by atoms with Crippen LogP contribution in [0.25, 0.3) is 11.6 Å². The molecule has 0 fully saturated rings. The van der Waals surface area contributed by atoms with Crippen LogP contribution in [0.4, 0.5) is 5.69 Å². The molecule has 3 heterocycles. The average molecular weight is 343 g/mol. The standard InChI is InChI=1S/C16H11ClN4O3/c1-2-24-16(23)9-5-8(7-18)19-12(9)6-10-14-11(20-15(10)22)3-4-13(17)21-14/h3-6,19H,2H2,1H3,(H,20,22)/b10-6-. The van der Waals surface area contributed by atoms with Crippen molar-refractivity contribution in [2.24, 2.45) is 0 Å². The van der Waals surface area contributed by atoms with Gasteiger partial charge in [0, 0.05) is 0 Å². The van der Waals surface area contributed by atoms with E-state index in [1.54, 1.807) is 19.1 Å². The molecule has 24 heavy (non-hydrogen) atoms. The molecule has 0 spiro atoms. The number of carbonyl (C=O) groups excluding carboxylic acids is 2. The van der Waals surface area contributed by atoms with E-state index in [1.165, 1.54) is 12.1 Å². The lowest BCUT2D eigenvalue weighted by Crippen LogP contribution is -2.06. The van der Waals surface area contributed by atoms with Crippen LogP contribution in [0.2, 0.25) is 5.15 Å². The molecule has 120 valence electrons. The highest BCUT2D eigenvalue weighted by Crippen LogP contribution is 2.33. The summed E-state index contributed by atoms with van der Waals surface area (Å²) in [6.07, 6.45) is 1.46. The van der Waals surface area contributed by atoms with E-state index in [9.17, 15) is 9.59 Å². The van der Waals surface area contributed by atoms with Crippen LogP contribution in [-0.4, -0.2) is 28.5 Å². The first kappa shape index (κ1) is 15.8. The maximum absolute atomic E-state index is 12.2. The Morgan fingerprint density at radius 3 is 3.00 bits per heavy atom. The molecule has 0 radical (unpaired) electrons. The number of esters is 1. The monoisotopic (exact) mass is 342 g/mol. The van der Waals surface area contributed by atoms with E-state index in [0.29, 0.717) is 17.1 Å². The van der Waals surface area contributed by atoms with E-state index in [0.717, 1.165) is 0 Å². The van der Waals surface area contributed by atoms with Crippen LogP contribution in [0.5, 0.6) is 0 Å². The Balaban J connectivity index is 2.11. The molecule has 1 aliphatic heterocycles. The number of nitrogens with one attached hydrogen (secondary N) is 2. The van der Waals surface area contributed by atoms with Crippen molar-refractivity contribution in [1.29, 1.82) is 5.26 Å². The van der Waals surface area contributed by atoms with Crippen LogP contribution < -0.4 is 5.32 Å². The van der Waals surface area contributed by atoms with Crippen molar-refractivity contribution < 1.29 is 14.3 Å². The van der Waals surface area contributed by atoms with Crippen molar-refractivity contribution in [2.75, 3.05) is 11.9 Å². The largest absolute Gasteiger partial charge is 0.462 e. The summed E-state index contributed by atoms with van der Waals surface area (Å²) in [4.78, 5) is 31.1. The first-order valence-electron chi connectivity index (χ1n) is 7.03. The highest BCUT2D eigenvalue weighted by Gasteiger charge is 2.27. The second kappa shape index (κ2) is 6.18. The van der Waals surface area contributed by atoms with Gasteiger partial charge in [-0.05, 0) is 31.2 Å². The van der Waals surface area contributed by atoms with Gasteiger partial charge in [0.1, 0.15) is 22.6 Å². The van der Waals surface area contributed by atoms with E-state index in [4.69, 9.17) is 21.6 Å². The molecule has 0 bridgehead atoms. The molecule has 0 atom stereocenters. The molecule has 2 aromatic rings. The minimum absolute atomic E-state index is 0.171. The van der Waals surface area contributed by atoms with Crippen molar-refractivity contribution in [1.82, 2.24) is 9.97 Å². The van der Waals surface area contributed by atoms with E-state index in [1.807, 2.05) is 6.07 Å². The summed E-state index contributed by atoms with van der Waals surface area (Å²) in [6.45, 7) is 1.88. The molecular weight excluding hydrogens is 332 g/mol. The molecule has 0 unspecified atom stereocenters. The molecule has 7 nitrogen and oxygen atoms in total. The van der Waals surface area contributed by atoms with Crippen LogP contribution in [-0.2, 0) is 9.53 Å². The number of aromatic nitrogens is 2. The lowest BCUT2D eigenvalue weighted by molar-refractivity contribution is -0.110. The molecule has 1 aliphatic rings. The molecule has 0 saturated heterocycles. The van der Waals surface area contributed by atoms with Gasteiger partial charge in [0.05, 0.1) is 29.1 Å². The van der Waals surface area contributed by atoms with Gasteiger partial charge in [-0.15, -0.1) is 0 Å². The first-order chi connectivity index (χ1) is 11.5. The molecular formula is C16H11ClN4O3. The van der Waals surface area contributed by atoms with E-state index >= 15 is 0 Å². The van der Waals surface area contributed by atoms with Crippen molar-refractivity contribution in [3.05, 3.63) is 46.0 Å². The number of carbonyl (C=O) groups is 2. The summed E-state index contributed by atoms with van der Waals surface area (Å²) < 4.78 is 4.97. The van der Waals surface area contributed by atoms with Crippen LogP contribution in [0, 0.1) is 11.3 Å². The van der Waals surface area contributed by atoms with Gasteiger partial charge in [-0.25, -0.2) is 9.78 Å². The second-order valence-corrected chi connectivity index (χ2v) is 5.27. The Bertz CT molecular complexity index is 924. The molecule has 0 aromatic carbocycles. The first-order valence-corrected chi connectivity index (χ1v) is 7.41. The van der Waals surface area contributed by atoms with E-state index < -0.39 is 5.97 Å². The smallest absolute Gasteiger partial charge is 0.340 e. The van der Waals surface area contributed by atoms with Crippen molar-refractivity contribution >= 4 is 40.8 Å². The number of anilines is 1. The number of amides is 1. The maximum Gasteiger partial charge on any atom is 0.340 e. The van der Waals surface area contributed by atoms with Crippen molar-refractivity contribution in [2.45, 2.75) is 6.92 Å². The third kappa shape index (κ3) is 2.75. The molecule has 3 rings (SSSR count). The number of nitrogens with zero attached hydrogens (tertiary/aromatic N) is 2. The molecule has 0 saturated carbocycles. The molecule has 1 amide bonds. The number of halogens is 1. The number of hydrogen-bond donors (Lipinski definition) is 2. The Kier molecular flexibility index (Phi) is 4.06. The van der Waals surface area contributed by atoms with Gasteiger partial charge in [-0.1, -0.05) is 11.6 Å². The Morgan fingerprint density at radius 2 is 2.29 bits per heavy atom. The van der Waals surface area contributed by atoms with Gasteiger partial charge < -0.3 is 15.0 Å². The number of H-pyrrole nitrogens is 1. The lowest BCUT2D eigenvalue weighted by atomic mass is 10.1. The normalized spacial score (nSPS) is 14.2. The van der Waals surface area contributed by atoms with Gasteiger partial charge >= 0.3 is 5.97 Å². The third-order valence-electron chi connectivity index (χ3n) is 3.36.